The van der Waals surface area contributed by atoms with Crippen LogP contribution in [-0.2, 0) is 0 Å². The minimum Gasteiger partial charge on any atom is -0.333 e. The normalized spacial score (nSPS) is 17.0. The van der Waals surface area contributed by atoms with Crippen LogP contribution in [0.3, 0.4) is 0 Å². The number of carbonyl (C=O) groups excluding carboxylic acids is 1. The van der Waals surface area contributed by atoms with E-state index in [0.29, 0.717) is 0 Å². The third kappa shape index (κ3) is 3.74. The number of nitrogens with zero attached hydrogens (tertiary/aromatic N) is 3. The Labute approximate surface area is 155 Å². The molecule has 1 atom stereocenters. The number of aryl methyl sites for hydroxylation is 1. The zero-order chi connectivity index (χ0) is 15.7. The van der Waals surface area contributed by atoms with E-state index < -0.39 is 0 Å². The topological polar surface area (TPSA) is 50.2 Å². The number of piperazine rings is 1. The highest BCUT2D eigenvalue weighted by Gasteiger charge is 2.27. The van der Waals surface area contributed by atoms with Crippen LogP contribution in [0.5, 0.6) is 0 Å². The summed E-state index contributed by atoms with van der Waals surface area (Å²) in [4.78, 5) is 19.3. The maximum absolute atomic E-state index is 12.9. The minimum atomic E-state index is 0. The van der Waals surface area contributed by atoms with E-state index in [9.17, 15) is 4.79 Å². The second kappa shape index (κ2) is 8.51. The van der Waals surface area contributed by atoms with Crippen LogP contribution in [0.2, 0.25) is 0 Å². The van der Waals surface area contributed by atoms with Gasteiger partial charge < -0.3 is 14.8 Å². The average molecular weight is 371 g/mol. The lowest BCUT2D eigenvalue weighted by molar-refractivity contribution is 0.0655. The van der Waals surface area contributed by atoms with Gasteiger partial charge in [-0.2, -0.15) is 0 Å². The van der Waals surface area contributed by atoms with Crippen LogP contribution in [0.1, 0.15) is 28.7 Å². The third-order valence-corrected chi connectivity index (χ3v) is 4.30. The molecule has 5 nitrogen and oxygen atoms in total. The van der Waals surface area contributed by atoms with Crippen LogP contribution >= 0.6 is 24.8 Å². The van der Waals surface area contributed by atoms with Gasteiger partial charge in [-0.15, -0.1) is 24.8 Å². The molecule has 1 aliphatic heterocycles. The maximum atomic E-state index is 12.9. The predicted octanol–water partition coefficient (Wildman–Crippen LogP) is 2.77. The summed E-state index contributed by atoms with van der Waals surface area (Å²) in [6.07, 6.45) is 1.77. The molecule has 1 fully saturated rings. The smallest absolute Gasteiger partial charge is 0.256 e. The Morgan fingerprint density at radius 2 is 2.04 bits per heavy atom. The maximum Gasteiger partial charge on any atom is 0.256 e. The Morgan fingerprint density at radius 3 is 2.67 bits per heavy atom. The molecule has 132 valence electrons. The van der Waals surface area contributed by atoms with E-state index in [1.807, 2.05) is 47.6 Å². The Hall–Kier alpha value is -1.56. The van der Waals surface area contributed by atoms with Crippen molar-refractivity contribution in [3.05, 3.63) is 47.4 Å². The monoisotopic (exact) mass is 370 g/mol. The van der Waals surface area contributed by atoms with Crippen molar-refractivity contribution in [3.63, 3.8) is 0 Å². The van der Waals surface area contributed by atoms with E-state index in [2.05, 4.69) is 17.2 Å². The van der Waals surface area contributed by atoms with Crippen LogP contribution < -0.4 is 5.32 Å². The summed E-state index contributed by atoms with van der Waals surface area (Å²) in [5, 5.41) is 3.32. The molecule has 2 aromatic rings. The lowest BCUT2D eigenvalue weighted by Gasteiger charge is -2.34. The molecule has 1 aliphatic rings. The number of aromatic nitrogens is 2. The van der Waals surface area contributed by atoms with Crippen LogP contribution in [0, 0.1) is 13.8 Å². The average Bonchev–Trinajstić information content (AvgIpc) is 2.83. The number of amides is 1. The van der Waals surface area contributed by atoms with Crippen LogP contribution in [0.15, 0.2) is 30.5 Å². The molecule has 3 heterocycles. The molecule has 1 N–H and O–H groups in total. The quantitative estimate of drug-likeness (QED) is 0.883. The van der Waals surface area contributed by atoms with Crippen molar-refractivity contribution in [2.75, 3.05) is 19.6 Å². The van der Waals surface area contributed by atoms with E-state index >= 15 is 0 Å². The van der Waals surface area contributed by atoms with E-state index in [1.54, 1.807) is 6.20 Å². The molecule has 0 saturated carbocycles. The number of carbonyl (C=O) groups is 1. The molecule has 1 amide bonds. The Morgan fingerprint density at radius 1 is 1.29 bits per heavy atom. The lowest BCUT2D eigenvalue weighted by Crippen LogP contribution is -2.52. The molecule has 0 bridgehead atoms. The van der Waals surface area contributed by atoms with E-state index in [0.717, 1.165) is 42.4 Å². The van der Waals surface area contributed by atoms with Gasteiger partial charge >= 0.3 is 0 Å². The molecule has 0 spiro atoms. The molecule has 2 aromatic heterocycles. The summed E-state index contributed by atoms with van der Waals surface area (Å²) in [5.74, 6) is 0.967. The van der Waals surface area contributed by atoms with Crippen molar-refractivity contribution in [3.8, 4) is 5.82 Å². The lowest BCUT2D eigenvalue weighted by atomic mass is 10.1. The van der Waals surface area contributed by atoms with Crippen molar-refractivity contribution in [2.45, 2.75) is 26.8 Å². The largest absolute Gasteiger partial charge is 0.333 e. The Bertz CT molecular complexity index is 687. The molecule has 3 rings (SSSR count). The number of halogens is 2. The fraction of sp³-hybridized carbons (Fsp3) is 0.412. The molecular formula is C17H24Cl2N4O. The zero-order valence-corrected chi connectivity index (χ0v) is 15.8. The van der Waals surface area contributed by atoms with Gasteiger partial charge in [0.1, 0.15) is 5.82 Å². The van der Waals surface area contributed by atoms with Gasteiger partial charge in [-0.3, -0.25) is 4.79 Å². The first-order chi connectivity index (χ1) is 10.6. The predicted molar refractivity (Wildman–Crippen MR) is 101 cm³/mol. The van der Waals surface area contributed by atoms with Gasteiger partial charge in [0.05, 0.1) is 5.56 Å². The molecule has 0 radical (unpaired) electrons. The second-order valence-electron chi connectivity index (χ2n) is 5.86. The van der Waals surface area contributed by atoms with Gasteiger partial charge in [0.15, 0.2) is 0 Å². The summed E-state index contributed by atoms with van der Waals surface area (Å²) in [7, 11) is 0. The number of pyridine rings is 1. The van der Waals surface area contributed by atoms with Gasteiger partial charge in [0.2, 0.25) is 0 Å². The standard InChI is InChI=1S/C17H22N4O.2ClH/c1-12-10-15(17(22)20-9-8-18-11-13(20)2)14(3)21(12)16-6-4-5-7-19-16;;/h4-7,10,13,18H,8-9,11H2,1-3H3;2*1H/t13-;;/m1../s1. The summed E-state index contributed by atoms with van der Waals surface area (Å²) in [5.41, 5.74) is 2.76. The zero-order valence-electron chi connectivity index (χ0n) is 14.2. The van der Waals surface area contributed by atoms with Crippen LogP contribution in [0.25, 0.3) is 5.82 Å². The molecule has 1 saturated heterocycles. The molecule has 24 heavy (non-hydrogen) atoms. The fourth-order valence-electron chi connectivity index (χ4n) is 3.12. The number of nitrogens with one attached hydrogen (secondary N) is 1. The van der Waals surface area contributed by atoms with E-state index in [-0.39, 0.29) is 36.8 Å². The molecule has 0 aliphatic carbocycles. The van der Waals surface area contributed by atoms with E-state index in [1.165, 1.54) is 0 Å². The van der Waals surface area contributed by atoms with Crippen molar-refractivity contribution in [2.24, 2.45) is 0 Å². The van der Waals surface area contributed by atoms with Gasteiger partial charge in [-0.25, -0.2) is 4.98 Å². The highest BCUT2D eigenvalue weighted by atomic mass is 35.5. The summed E-state index contributed by atoms with van der Waals surface area (Å²) in [6.45, 7) is 8.55. The molecule has 7 heteroatoms. The summed E-state index contributed by atoms with van der Waals surface area (Å²) >= 11 is 0. The second-order valence-corrected chi connectivity index (χ2v) is 5.86. The number of rotatable bonds is 2. The SMILES string of the molecule is Cc1cc(C(=O)N2CCNC[C@H]2C)c(C)n1-c1ccccn1.Cl.Cl. The highest BCUT2D eigenvalue weighted by Crippen LogP contribution is 2.22. The molecular weight excluding hydrogens is 347 g/mol. The fourth-order valence-corrected chi connectivity index (χ4v) is 3.12. The number of hydrogen-bond donors (Lipinski definition) is 1. The highest BCUT2D eigenvalue weighted by molar-refractivity contribution is 5.96. The first kappa shape index (κ1) is 20.5. The Balaban J connectivity index is 0.00000144. The number of hydrogen-bond acceptors (Lipinski definition) is 3. The Kier molecular flexibility index (Phi) is 7.27. The van der Waals surface area contributed by atoms with E-state index in [4.69, 9.17) is 0 Å². The van der Waals surface area contributed by atoms with Crippen molar-refractivity contribution in [1.82, 2.24) is 19.8 Å². The molecule has 0 aromatic carbocycles. The summed E-state index contributed by atoms with van der Waals surface area (Å²) in [6, 6.07) is 8.01. The van der Waals surface area contributed by atoms with Crippen LogP contribution in [-0.4, -0.2) is 46.0 Å². The van der Waals surface area contributed by atoms with Crippen LogP contribution in [0.4, 0.5) is 0 Å². The van der Waals surface area contributed by atoms with Gasteiger partial charge in [0, 0.05) is 43.3 Å². The van der Waals surface area contributed by atoms with Gasteiger partial charge in [0.25, 0.3) is 5.91 Å². The molecule has 0 unspecified atom stereocenters. The minimum absolute atomic E-state index is 0. The first-order valence-electron chi connectivity index (χ1n) is 7.71. The van der Waals surface area contributed by atoms with Gasteiger partial charge in [-0.05, 0) is 39.0 Å². The summed E-state index contributed by atoms with van der Waals surface area (Å²) < 4.78 is 2.04. The third-order valence-electron chi connectivity index (χ3n) is 4.30. The van der Waals surface area contributed by atoms with Crippen molar-refractivity contribution < 1.29 is 4.79 Å². The van der Waals surface area contributed by atoms with Crippen molar-refractivity contribution >= 4 is 30.7 Å². The van der Waals surface area contributed by atoms with Crippen molar-refractivity contribution in [1.29, 1.82) is 0 Å². The van der Waals surface area contributed by atoms with Gasteiger partial charge in [-0.1, -0.05) is 6.07 Å². The first-order valence-corrected chi connectivity index (χ1v) is 7.71.